The molecule has 2 aromatic rings. The standard InChI is InChI=1S/C16H21NO4.ClH/c1-10(2)17-8-13(19)9-20-14-6-4-5-12-7-15(11(3)18)21-16(12)14;/h4-7,10,13,17,19H,8-9H2,1-3H3;1H/t13-;/m1./s1. The zero-order valence-electron chi connectivity index (χ0n) is 13.0. The highest BCUT2D eigenvalue weighted by atomic mass is 35.5. The van der Waals surface area contributed by atoms with Crippen molar-refractivity contribution in [1.82, 2.24) is 5.32 Å². The fourth-order valence-corrected chi connectivity index (χ4v) is 1.94. The largest absolute Gasteiger partial charge is 0.487 e. The second-order valence-corrected chi connectivity index (χ2v) is 5.37. The van der Waals surface area contributed by atoms with Crippen LogP contribution in [-0.4, -0.2) is 36.2 Å². The molecular formula is C16H22ClNO4. The number of rotatable bonds is 7. The van der Waals surface area contributed by atoms with Crippen molar-refractivity contribution in [3.8, 4) is 5.75 Å². The van der Waals surface area contributed by atoms with Crippen LogP contribution in [0, 0.1) is 0 Å². The molecule has 1 aromatic carbocycles. The summed E-state index contributed by atoms with van der Waals surface area (Å²) in [4.78, 5) is 11.4. The molecule has 0 aliphatic carbocycles. The maximum Gasteiger partial charge on any atom is 0.194 e. The molecule has 22 heavy (non-hydrogen) atoms. The van der Waals surface area contributed by atoms with Gasteiger partial charge in [0.05, 0.1) is 0 Å². The van der Waals surface area contributed by atoms with Crippen molar-refractivity contribution < 1.29 is 19.1 Å². The highest BCUT2D eigenvalue weighted by molar-refractivity contribution is 5.97. The number of hydrogen-bond donors (Lipinski definition) is 2. The number of ketones is 1. The minimum Gasteiger partial charge on any atom is -0.487 e. The third-order valence-electron chi connectivity index (χ3n) is 3.05. The number of halogens is 1. The normalized spacial score (nSPS) is 12.2. The number of carbonyl (C=O) groups excluding carboxylic acids is 1. The number of nitrogens with one attached hydrogen (secondary N) is 1. The first-order valence-electron chi connectivity index (χ1n) is 7.05. The van der Waals surface area contributed by atoms with Gasteiger partial charge in [-0.1, -0.05) is 26.0 Å². The van der Waals surface area contributed by atoms with Crippen LogP contribution in [0.4, 0.5) is 0 Å². The van der Waals surface area contributed by atoms with E-state index in [-0.39, 0.29) is 24.8 Å². The maximum absolute atomic E-state index is 11.4. The summed E-state index contributed by atoms with van der Waals surface area (Å²) < 4.78 is 11.1. The lowest BCUT2D eigenvalue weighted by atomic mass is 10.2. The topological polar surface area (TPSA) is 71.7 Å². The molecule has 1 atom stereocenters. The first-order chi connectivity index (χ1) is 9.97. The Bertz CT molecular complexity index is 624. The van der Waals surface area contributed by atoms with Crippen LogP contribution in [0.2, 0.25) is 0 Å². The van der Waals surface area contributed by atoms with Gasteiger partial charge in [-0.25, -0.2) is 0 Å². The van der Waals surface area contributed by atoms with Crippen molar-refractivity contribution >= 4 is 29.2 Å². The lowest BCUT2D eigenvalue weighted by molar-refractivity contribution is 0.0985. The van der Waals surface area contributed by atoms with Crippen molar-refractivity contribution in [3.63, 3.8) is 0 Å². The summed E-state index contributed by atoms with van der Waals surface area (Å²) in [7, 11) is 0. The van der Waals surface area contributed by atoms with Crippen molar-refractivity contribution in [3.05, 3.63) is 30.0 Å². The van der Waals surface area contributed by atoms with E-state index in [2.05, 4.69) is 5.32 Å². The molecule has 5 nitrogen and oxygen atoms in total. The number of para-hydroxylation sites is 1. The van der Waals surface area contributed by atoms with E-state index in [4.69, 9.17) is 9.15 Å². The Kier molecular flexibility index (Phi) is 6.87. The summed E-state index contributed by atoms with van der Waals surface area (Å²) in [5.41, 5.74) is 0.534. The molecule has 0 bridgehead atoms. The van der Waals surface area contributed by atoms with Crippen LogP contribution in [0.5, 0.6) is 5.75 Å². The van der Waals surface area contributed by atoms with E-state index < -0.39 is 6.10 Å². The van der Waals surface area contributed by atoms with Crippen LogP contribution in [0.15, 0.2) is 28.7 Å². The van der Waals surface area contributed by atoms with E-state index in [0.29, 0.717) is 29.7 Å². The molecule has 0 fully saturated rings. The molecule has 0 saturated heterocycles. The average Bonchev–Trinajstić information content (AvgIpc) is 2.87. The Morgan fingerprint density at radius 3 is 2.77 bits per heavy atom. The van der Waals surface area contributed by atoms with Crippen LogP contribution in [-0.2, 0) is 0 Å². The number of ether oxygens (including phenoxy) is 1. The van der Waals surface area contributed by atoms with Gasteiger partial charge in [0.1, 0.15) is 12.7 Å². The molecule has 0 saturated carbocycles. The molecule has 2 rings (SSSR count). The predicted molar refractivity (Wildman–Crippen MR) is 88.1 cm³/mol. The zero-order chi connectivity index (χ0) is 15.4. The fourth-order valence-electron chi connectivity index (χ4n) is 1.94. The van der Waals surface area contributed by atoms with Gasteiger partial charge in [-0.05, 0) is 12.1 Å². The van der Waals surface area contributed by atoms with Crippen molar-refractivity contribution in [2.75, 3.05) is 13.2 Å². The quantitative estimate of drug-likeness (QED) is 0.765. The van der Waals surface area contributed by atoms with E-state index in [9.17, 15) is 9.90 Å². The first kappa shape index (κ1) is 18.5. The van der Waals surface area contributed by atoms with E-state index >= 15 is 0 Å². The van der Waals surface area contributed by atoms with Gasteiger partial charge in [-0.2, -0.15) is 0 Å². The van der Waals surface area contributed by atoms with Crippen LogP contribution >= 0.6 is 12.4 Å². The Labute approximate surface area is 136 Å². The highest BCUT2D eigenvalue weighted by Crippen LogP contribution is 2.29. The molecule has 0 amide bonds. The molecule has 0 aliphatic rings. The molecule has 1 aromatic heterocycles. The van der Waals surface area contributed by atoms with E-state index in [1.165, 1.54) is 6.92 Å². The van der Waals surface area contributed by atoms with Crippen molar-refractivity contribution in [2.45, 2.75) is 32.9 Å². The molecule has 122 valence electrons. The van der Waals surface area contributed by atoms with Gasteiger partial charge in [0, 0.05) is 24.9 Å². The molecule has 1 heterocycles. The van der Waals surface area contributed by atoms with Gasteiger partial charge in [0.25, 0.3) is 0 Å². The van der Waals surface area contributed by atoms with E-state index in [0.717, 1.165) is 5.39 Å². The molecule has 0 aliphatic heterocycles. The maximum atomic E-state index is 11.4. The van der Waals surface area contributed by atoms with E-state index in [1.807, 2.05) is 26.0 Å². The number of fused-ring (bicyclic) bond motifs is 1. The van der Waals surface area contributed by atoms with Gasteiger partial charge in [-0.15, -0.1) is 12.4 Å². The summed E-state index contributed by atoms with van der Waals surface area (Å²) in [5, 5.41) is 13.8. The third-order valence-corrected chi connectivity index (χ3v) is 3.05. The van der Waals surface area contributed by atoms with Gasteiger partial charge in [0.15, 0.2) is 22.9 Å². The number of Topliss-reactive ketones (excluding diaryl/α,β-unsaturated/α-hetero) is 1. The Balaban J connectivity index is 0.00000242. The molecule has 0 unspecified atom stereocenters. The Morgan fingerprint density at radius 2 is 2.14 bits per heavy atom. The van der Waals surface area contributed by atoms with E-state index in [1.54, 1.807) is 12.1 Å². The van der Waals surface area contributed by atoms with Crippen molar-refractivity contribution in [1.29, 1.82) is 0 Å². The van der Waals surface area contributed by atoms with Crippen molar-refractivity contribution in [2.24, 2.45) is 0 Å². The fraction of sp³-hybridized carbons (Fsp3) is 0.438. The average molecular weight is 328 g/mol. The summed E-state index contributed by atoms with van der Waals surface area (Å²) in [5.74, 6) is 0.713. The number of hydrogen-bond acceptors (Lipinski definition) is 5. The van der Waals surface area contributed by atoms with Gasteiger partial charge in [-0.3, -0.25) is 4.79 Å². The number of benzene rings is 1. The molecule has 0 spiro atoms. The number of aliphatic hydroxyl groups excluding tert-OH is 1. The number of aliphatic hydroxyl groups is 1. The van der Waals surface area contributed by atoms with Crippen LogP contribution in [0.25, 0.3) is 11.0 Å². The van der Waals surface area contributed by atoms with Gasteiger partial charge < -0.3 is 19.6 Å². The summed E-state index contributed by atoms with van der Waals surface area (Å²) in [6.07, 6.45) is -0.607. The highest BCUT2D eigenvalue weighted by Gasteiger charge is 2.13. The smallest absolute Gasteiger partial charge is 0.194 e. The minimum absolute atomic E-state index is 0. The molecular weight excluding hydrogens is 306 g/mol. The monoisotopic (exact) mass is 327 g/mol. The second-order valence-electron chi connectivity index (χ2n) is 5.37. The second kappa shape index (κ2) is 8.17. The SMILES string of the molecule is CC(=O)c1cc2cccc(OC[C@H](O)CNC(C)C)c2o1.Cl. The molecule has 6 heteroatoms. The van der Waals surface area contributed by atoms with Crippen LogP contribution < -0.4 is 10.1 Å². The summed E-state index contributed by atoms with van der Waals surface area (Å²) in [6.45, 7) is 6.11. The summed E-state index contributed by atoms with van der Waals surface area (Å²) >= 11 is 0. The Morgan fingerprint density at radius 1 is 1.41 bits per heavy atom. The predicted octanol–water partition coefficient (Wildman–Crippen LogP) is 2.79. The zero-order valence-corrected chi connectivity index (χ0v) is 13.8. The van der Waals surface area contributed by atoms with Gasteiger partial charge in [0.2, 0.25) is 0 Å². The number of furan rings is 1. The first-order valence-corrected chi connectivity index (χ1v) is 7.05. The van der Waals surface area contributed by atoms with Crippen LogP contribution in [0.3, 0.4) is 0 Å². The lowest BCUT2D eigenvalue weighted by Crippen LogP contribution is -2.35. The molecule has 0 radical (unpaired) electrons. The molecule has 2 N–H and O–H groups in total. The Hall–Kier alpha value is -1.56. The van der Waals surface area contributed by atoms with Gasteiger partial charge >= 0.3 is 0 Å². The lowest BCUT2D eigenvalue weighted by Gasteiger charge is -2.15. The third kappa shape index (κ3) is 4.73. The summed E-state index contributed by atoms with van der Waals surface area (Å²) in [6, 6.07) is 7.45. The number of carbonyl (C=O) groups is 1. The minimum atomic E-state index is -0.607. The van der Waals surface area contributed by atoms with Crippen LogP contribution in [0.1, 0.15) is 31.3 Å².